The third-order valence-corrected chi connectivity index (χ3v) is 5.37. The number of nitrogens with two attached hydrogens (primary N) is 3. The van der Waals surface area contributed by atoms with Gasteiger partial charge in [0.05, 0.1) is 18.7 Å². The lowest BCUT2D eigenvalue weighted by molar-refractivity contribution is -0.135. The zero-order valence-corrected chi connectivity index (χ0v) is 21.1. The van der Waals surface area contributed by atoms with Crippen LogP contribution in [-0.4, -0.2) is 96.4 Å². The van der Waals surface area contributed by atoms with Gasteiger partial charge in [0, 0.05) is 6.54 Å². The molecule has 15 heteroatoms. The second-order valence-corrected chi connectivity index (χ2v) is 8.75. The van der Waals surface area contributed by atoms with Gasteiger partial charge in [-0.3, -0.25) is 24.2 Å². The molecular weight excluding hydrogens is 480 g/mol. The number of aldehydes is 1. The molecule has 5 atom stereocenters. The first kappa shape index (κ1) is 32.1. The number of amides is 4. The number of thioether (sulfide) groups is 1. The molecule has 0 aliphatic carbocycles. The minimum atomic E-state index is -1.42. The zero-order chi connectivity index (χ0) is 27.0. The van der Waals surface area contributed by atoms with Crippen molar-refractivity contribution in [2.24, 2.45) is 22.2 Å². The number of carbonyl (C=O) groups is 5. The summed E-state index contributed by atoms with van der Waals surface area (Å²) in [5.74, 6) is -2.20. The van der Waals surface area contributed by atoms with Crippen LogP contribution in [-0.2, 0) is 24.0 Å². The highest BCUT2D eigenvalue weighted by Crippen LogP contribution is 2.04. The van der Waals surface area contributed by atoms with Crippen LogP contribution in [0.5, 0.6) is 0 Å². The average molecular weight is 519 g/mol. The Kier molecular flexibility index (Phi) is 16.1. The number of aliphatic hydroxyl groups is 1. The molecule has 0 spiro atoms. The fraction of sp³-hybridized carbons (Fsp3) is 0.700. The second-order valence-electron chi connectivity index (χ2n) is 7.77. The lowest BCUT2D eigenvalue weighted by Crippen LogP contribution is -2.60. The SMILES string of the molecule is CSCC[C@H](N)C(=O)N[C@@H](CCCN=C(N)N)C(=O)N[C@H](C(=O)N[C@@H](C)C(=O)NCC=O)[C@@H](C)O. The Labute approximate surface area is 209 Å². The molecule has 0 fully saturated rings. The van der Waals surface area contributed by atoms with Crippen molar-refractivity contribution in [1.29, 1.82) is 0 Å². The molecule has 0 saturated heterocycles. The van der Waals surface area contributed by atoms with E-state index in [1.165, 1.54) is 25.6 Å². The fourth-order valence-corrected chi connectivity index (χ4v) is 3.24. The Morgan fingerprint density at radius 3 is 2.20 bits per heavy atom. The Bertz CT molecular complexity index is 747. The minimum absolute atomic E-state index is 0.119. The van der Waals surface area contributed by atoms with E-state index >= 15 is 0 Å². The van der Waals surface area contributed by atoms with Gasteiger partial charge in [0.15, 0.2) is 5.96 Å². The molecular formula is C20H38N8O6S. The first-order valence-corrected chi connectivity index (χ1v) is 12.4. The average Bonchev–Trinajstić information content (AvgIpc) is 2.80. The summed E-state index contributed by atoms with van der Waals surface area (Å²) in [6.07, 6.45) is 1.89. The molecule has 0 aliphatic rings. The van der Waals surface area contributed by atoms with Crippen LogP contribution in [0.4, 0.5) is 0 Å². The predicted molar refractivity (Wildman–Crippen MR) is 133 cm³/mol. The molecule has 35 heavy (non-hydrogen) atoms. The van der Waals surface area contributed by atoms with E-state index in [1.807, 2.05) is 6.26 Å². The van der Waals surface area contributed by atoms with Crippen LogP contribution >= 0.6 is 11.8 Å². The number of hydrogen-bond donors (Lipinski definition) is 8. The molecule has 0 bridgehead atoms. The molecule has 4 amide bonds. The number of nitrogens with zero attached hydrogens (tertiary/aromatic N) is 1. The quantitative estimate of drug-likeness (QED) is 0.0405. The Morgan fingerprint density at radius 1 is 1.00 bits per heavy atom. The number of nitrogens with one attached hydrogen (secondary N) is 4. The van der Waals surface area contributed by atoms with Gasteiger partial charge in [0.2, 0.25) is 23.6 Å². The van der Waals surface area contributed by atoms with Crippen LogP contribution < -0.4 is 38.5 Å². The van der Waals surface area contributed by atoms with Crippen molar-refractivity contribution < 1.29 is 29.1 Å². The Balaban J connectivity index is 5.37. The third kappa shape index (κ3) is 13.5. The normalized spacial score (nSPS) is 14.9. The summed E-state index contributed by atoms with van der Waals surface area (Å²) in [5, 5.41) is 19.7. The van der Waals surface area contributed by atoms with Crippen LogP contribution in [0.25, 0.3) is 0 Å². The summed E-state index contributed by atoms with van der Waals surface area (Å²) in [4.78, 5) is 64.2. The van der Waals surface area contributed by atoms with Crippen molar-refractivity contribution in [3.63, 3.8) is 0 Å². The van der Waals surface area contributed by atoms with Crippen LogP contribution in [0, 0.1) is 0 Å². The van der Waals surface area contributed by atoms with E-state index in [9.17, 15) is 29.1 Å². The third-order valence-electron chi connectivity index (χ3n) is 4.72. The van der Waals surface area contributed by atoms with Crippen molar-refractivity contribution >= 4 is 47.6 Å². The number of aliphatic hydroxyl groups excluding tert-OH is 1. The van der Waals surface area contributed by atoms with Crippen molar-refractivity contribution in [2.75, 3.05) is 25.1 Å². The van der Waals surface area contributed by atoms with Crippen molar-refractivity contribution in [3.8, 4) is 0 Å². The second kappa shape index (κ2) is 17.5. The highest BCUT2D eigenvalue weighted by molar-refractivity contribution is 7.98. The van der Waals surface area contributed by atoms with Gasteiger partial charge in [0.1, 0.15) is 24.4 Å². The van der Waals surface area contributed by atoms with Crippen LogP contribution in [0.15, 0.2) is 4.99 Å². The van der Waals surface area contributed by atoms with Gasteiger partial charge in [-0.15, -0.1) is 0 Å². The van der Waals surface area contributed by atoms with Gasteiger partial charge >= 0.3 is 0 Å². The molecule has 200 valence electrons. The summed E-state index contributed by atoms with van der Waals surface area (Å²) >= 11 is 1.52. The molecule has 0 aromatic carbocycles. The standard InChI is InChI=1S/C20H38N8O6S/c1-11(16(31)24-8-9-29)26-19(34)15(12(2)30)28-18(33)14(5-4-7-25-20(22)23)27-17(32)13(21)6-10-35-3/h9,11-15,30H,4-8,10,21H2,1-3H3,(H,24,31)(H,26,34)(H,27,32)(H,28,33)(H4,22,23,25)/t11-,12+,13-,14-,15-/m0/s1. The van der Waals surface area contributed by atoms with E-state index in [2.05, 4.69) is 26.3 Å². The topological polar surface area (TPSA) is 244 Å². The maximum Gasteiger partial charge on any atom is 0.245 e. The van der Waals surface area contributed by atoms with Crippen LogP contribution in [0.1, 0.15) is 33.1 Å². The van der Waals surface area contributed by atoms with Crippen LogP contribution in [0.2, 0.25) is 0 Å². The summed E-state index contributed by atoms with van der Waals surface area (Å²) in [7, 11) is 0. The fourth-order valence-electron chi connectivity index (χ4n) is 2.75. The van der Waals surface area contributed by atoms with Gasteiger partial charge in [-0.25, -0.2) is 0 Å². The smallest absolute Gasteiger partial charge is 0.245 e. The number of carbonyl (C=O) groups excluding carboxylic acids is 5. The lowest BCUT2D eigenvalue weighted by atomic mass is 10.1. The molecule has 14 nitrogen and oxygen atoms in total. The molecule has 0 saturated carbocycles. The summed E-state index contributed by atoms with van der Waals surface area (Å²) in [6.45, 7) is 2.64. The van der Waals surface area contributed by atoms with Crippen molar-refractivity contribution in [1.82, 2.24) is 21.3 Å². The first-order chi connectivity index (χ1) is 16.4. The number of aliphatic imine (C=N–C) groups is 1. The minimum Gasteiger partial charge on any atom is -0.391 e. The van der Waals surface area contributed by atoms with Gasteiger partial charge in [0.25, 0.3) is 0 Å². The highest BCUT2D eigenvalue weighted by atomic mass is 32.2. The van der Waals surface area contributed by atoms with E-state index in [0.29, 0.717) is 24.9 Å². The summed E-state index contributed by atoms with van der Waals surface area (Å²) < 4.78 is 0. The van der Waals surface area contributed by atoms with Gasteiger partial charge in [-0.2, -0.15) is 11.8 Å². The monoisotopic (exact) mass is 518 g/mol. The summed E-state index contributed by atoms with van der Waals surface area (Å²) in [5.41, 5.74) is 16.5. The molecule has 0 rings (SSSR count). The zero-order valence-electron chi connectivity index (χ0n) is 20.3. The van der Waals surface area contributed by atoms with E-state index in [1.54, 1.807) is 0 Å². The number of hydrogen-bond acceptors (Lipinski definition) is 9. The van der Waals surface area contributed by atoms with Gasteiger partial charge in [-0.1, -0.05) is 0 Å². The van der Waals surface area contributed by atoms with E-state index in [-0.39, 0.29) is 25.5 Å². The number of guanidine groups is 1. The molecule has 0 heterocycles. The van der Waals surface area contributed by atoms with Crippen molar-refractivity contribution in [2.45, 2.75) is 63.4 Å². The van der Waals surface area contributed by atoms with Gasteiger partial charge < -0.3 is 48.4 Å². The Hall–Kier alpha value is -2.91. The van der Waals surface area contributed by atoms with Gasteiger partial charge in [-0.05, 0) is 45.1 Å². The molecule has 0 aromatic heterocycles. The number of rotatable bonds is 17. The van der Waals surface area contributed by atoms with E-state index in [4.69, 9.17) is 17.2 Å². The van der Waals surface area contributed by atoms with Crippen LogP contribution in [0.3, 0.4) is 0 Å². The largest absolute Gasteiger partial charge is 0.391 e. The predicted octanol–water partition coefficient (Wildman–Crippen LogP) is -3.71. The lowest BCUT2D eigenvalue weighted by Gasteiger charge is -2.26. The first-order valence-electron chi connectivity index (χ1n) is 11.0. The summed E-state index contributed by atoms with van der Waals surface area (Å²) in [6, 6.07) is -4.38. The highest BCUT2D eigenvalue weighted by Gasteiger charge is 2.31. The van der Waals surface area contributed by atoms with E-state index in [0.717, 1.165) is 0 Å². The Morgan fingerprint density at radius 2 is 1.66 bits per heavy atom. The maximum absolute atomic E-state index is 13.0. The molecule has 11 N–H and O–H groups in total. The molecule has 0 aliphatic heterocycles. The molecule has 0 unspecified atom stereocenters. The van der Waals surface area contributed by atoms with Crippen molar-refractivity contribution in [3.05, 3.63) is 0 Å². The molecule has 0 radical (unpaired) electrons. The molecule has 0 aromatic rings. The van der Waals surface area contributed by atoms with E-state index < -0.39 is 53.9 Å². The maximum atomic E-state index is 13.0.